The van der Waals surface area contributed by atoms with Crippen molar-refractivity contribution in [3.63, 3.8) is 0 Å². The monoisotopic (exact) mass is 513 g/mol. The van der Waals surface area contributed by atoms with Crippen LogP contribution >= 0.6 is 46.1 Å². The summed E-state index contributed by atoms with van der Waals surface area (Å²) in [6, 6.07) is 8.49. The number of nitrogen functional groups attached to an aromatic ring is 1. The number of halogens is 3. The van der Waals surface area contributed by atoms with Crippen molar-refractivity contribution in [1.29, 1.82) is 0 Å². The minimum atomic E-state index is -0.353. The highest BCUT2D eigenvalue weighted by Gasteiger charge is 2.14. The molecule has 0 atom stereocenters. The number of amides is 1. The van der Waals surface area contributed by atoms with Crippen LogP contribution in [0.25, 0.3) is 0 Å². The number of hydrogen-bond donors (Lipinski definition) is 2. The van der Waals surface area contributed by atoms with Crippen LogP contribution in [0, 0.1) is 0 Å². The smallest absolute Gasteiger partial charge is 0.247 e. The molecular formula is C20H18Cl3N5O3S. The zero-order chi connectivity index (χ0) is 23.1. The molecule has 32 heavy (non-hydrogen) atoms. The van der Waals surface area contributed by atoms with Crippen LogP contribution in [0.3, 0.4) is 0 Å². The summed E-state index contributed by atoms with van der Waals surface area (Å²) in [6.07, 6.45) is 1.47. The molecule has 0 saturated carbocycles. The Hall–Kier alpha value is -2.59. The number of aromatic nitrogens is 2. The van der Waals surface area contributed by atoms with Gasteiger partial charge in [-0.3, -0.25) is 4.79 Å². The summed E-state index contributed by atoms with van der Waals surface area (Å²) in [5.41, 5.74) is 9.28. The number of rotatable bonds is 9. The largest absolute Gasteiger partial charge is 0.490 e. The summed E-state index contributed by atoms with van der Waals surface area (Å²) in [5.74, 6) is 0.449. The molecule has 168 valence electrons. The van der Waals surface area contributed by atoms with Crippen molar-refractivity contribution in [2.75, 3.05) is 12.3 Å². The van der Waals surface area contributed by atoms with Crippen LogP contribution in [0.15, 0.2) is 35.4 Å². The number of anilines is 1. The Labute approximate surface area is 203 Å². The molecule has 0 bridgehead atoms. The zero-order valence-electron chi connectivity index (χ0n) is 16.8. The number of benzene rings is 2. The van der Waals surface area contributed by atoms with Crippen LogP contribution in [-0.4, -0.2) is 28.9 Å². The number of nitrogens with two attached hydrogens (primary N) is 1. The van der Waals surface area contributed by atoms with Gasteiger partial charge in [0.25, 0.3) is 0 Å². The SMILES string of the molecule is CCOc1cc(C=NNC(=O)Cc2nnc(N)s2)cc(Cl)c1OCc1ccc(Cl)cc1Cl. The Morgan fingerprint density at radius 2 is 2.00 bits per heavy atom. The van der Waals surface area contributed by atoms with Gasteiger partial charge in [0.15, 0.2) is 11.5 Å². The second kappa shape index (κ2) is 11.3. The normalized spacial score (nSPS) is 11.0. The molecule has 3 N–H and O–H groups in total. The van der Waals surface area contributed by atoms with E-state index < -0.39 is 0 Å². The predicted molar refractivity (Wildman–Crippen MR) is 127 cm³/mol. The lowest BCUT2D eigenvalue weighted by molar-refractivity contribution is -0.120. The highest BCUT2D eigenvalue weighted by atomic mass is 35.5. The molecule has 2 aromatic carbocycles. The Morgan fingerprint density at radius 3 is 2.69 bits per heavy atom. The molecule has 0 aliphatic rings. The van der Waals surface area contributed by atoms with E-state index in [-0.39, 0.29) is 18.9 Å². The van der Waals surface area contributed by atoms with E-state index in [9.17, 15) is 4.79 Å². The van der Waals surface area contributed by atoms with E-state index in [4.69, 9.17) is 50.0 Å². The summed E-state index contributed by atoms with van der Waals surface area (Å²) in [4.78, 5) is 12.0. The Kier molecular flexibility index (Phi) is 8.52. The van der Waals surface area contributed by atoms with Crippen molar-refractivity contribution in [2.24, 2.45) is 5.10 Å². The van der Waals surface area contributed by atoms with E-state index in [1.54, 1.807) is 30.3 Å². The molecule has 0 fully saturated rings. The maximum Gasteiger partial charge on any atom is 0.247 e. The lowest BCUT2D eigenvalue weighted by Gasteiger charge is -2.15. The van der Waals surface area contributed by atoms with Gasteiger partial charge < -0.3 is 15.2 Å². The number of nitrogens with one attached hydrogen (secondary N) is 1. The minimum Gasteiger partial charge on any atom is -0.490 e. The molecule has 1 amide bonds. The van der Waals surface area contributed by atoms with E-state index in [0.717, 1.165) is 16.9 Å². The summed E-state index contributed by atoms with van der Waals surface area (Å²) < 4.78 is 11.5. The first-order valence-electron chi connectivity index (χ1n) is 9.28. The van der Waals surface area contributed by atoms with Crippen molar-refractivity contribution in [1.82, 2.24) is 15.6 Å². The van der Waals surface area contributed by atoms with Crippen molar-refractivity contribution < 1.29 is 14.3 Å². The third kappa shape index (κ3) is 6.70. The maximum absolute atomic E-state index is 12.0. The Morgan fingerprint density at radius 1 is 1.19 bits per heavy atom. The number of carbonyl (C=O) groups excluding carboxylic acids is 1. The number of hydrogen-bond acceptors (Lipinski definition) is 8. The van der Waals surface area contributed by atoms with Gasteiger partial charge in [0.05, 0.1) is 24.3 Å². The summed E-state index contributed by atoms with van der Waals surface area (Å²) in [7, 11) is 0. The number of hydrazone groups is 1. The summed E-state index contributed by atoms with van der Waals surface area (Å²) in [5, 5.41) is 13.5. The number of carbonyl (C=O) groups is 1. The van der Waals surface area contributed by atoms with Gasteiger partial charge in [-0.25, -0.2) is 5.43 Å². The summed E-state index contributed by atoms with van der Waals surface area (Å²) in [6.45, 7) is 2.42. The fourth-order valence-electron chi connectivity index (χ4n) is 2.55. The van der Waals surface area contributed by atoms with Crippen LogP contribution in [-0.2, 0) is 17.8 Å². The summed E-state index contributed by atoms with van der Waals surface area (Å²) >= 11 is 19.7. The second-order valence-electron chi connectivity index (χ2n) is 6.29. The van der Waals surface area contributed by atoms with Gasteiger partial charge in [0, 0.05) is 15.6 Å². The van der Waals surface area contributed by atoms with Crippen LogP contribution in [0.2, 0.25) is 15.1 Å². The first-order valence-corrected chi connectivity index (χ1v) is 11.2. The van der Waals surface area contributed by atoms with Gasteiger partial charge in [0.1, 0.15) is 11.6 Å². The van der Waals surface area contributed by atoms with Gasteiger partial charge in [-0.2, -0.15) is 5.10 Å². The standard InChI is InChI=1S/C20H18Cl3N5O3S/c1-2-30-16-6-11(9-25-26-17(29)8-18-27-28-20(24)32-18)5-15(23)19(16)31-10-12-3-4-13(21)7-14(12)22/h3-7,9H,2,8,10H2,1H3,(H2,24,28)(H,26,29). The van der Waals surface area contributed by atoms with Crippen molar-refractivity contribution in [3.8, 4) is 11.5 Å². The van der Waals surface area contributed by atoms with Crippen molar-refractivity contribution >= 4 is 63.4 Å². The molecule has 0 aliphatic carbocycles. The second-order valence-corrected chi connectivity index (χ2v) is 8.64. The maximum atomic E-state index is 12.0. The molecule has 0 aliphatic heterocycles. The molecule has 1 heterocycles. The van der Waals surface area contributed by atoms with Gasteiger partial charge in [-0.05, 0) is 36.8 Å². The van der Waals surface area contributed by atoms with Crippen LogP contribution in [0.5, 0.6) is 11.5 Å². The minimum absolute atomic E-state index is 0.0250. The van der Waals surface area contributed by atoms with Gasteiger partial charge in [0.2, 0.25) is 11.0 Å². The Balaban J connectivity index is 1.68. The first-order chi connectivity index (χ1) is 15.4. The van der Waals surface area contributed by atoms with Crippen LogP contribution < -0.4 is 20.6 Å². The molecular weight excluding hydrogens is 497 g/mol. The Bertz CT molecular complexity index is 1140. The zero-order valence-corrected chi connectivity index (χ0v) is 19.9. The molecule has 12 heteroatoms. The third-order valence-electron chi connectivity index (χ3n) is 3.92. The fraction of sp³-hybridized carbons (Fsp3) is 0.200. The van der Waals surface area contributed by atoms with Gasteiger partial charge in [-0.1, -0.05) is 52.2 Å². The van der Waals surface area contributed by atoms with Crippen LogP contribution in [0.4, 0.5) is 5.13 Å². The van der Waals surface area contributed by atoms with E-state index in [1.807, 2.05) is 6.92 Å². The quantitative estimate of drug-likeness (QED) is 0.315. The van der Waals surface area contributed by atoms with E-state index in [0.29, 0.717) is 48.9 Å². The fourth-order valence-corrected chi connectivity index (χ4v) is 3.89. The van der Waals surface area contributed by atoms with Gasteiger partial charge in [-0.15, -0.1) is 10.2 Å². The van der Waals surface area contributed by atoms with E-state index in [2.05, 4.69) is 20.7 Å². The topological polar surface area (TPSA) is 112 Å². The van der Waals surface area contributed by atoms with Crippen LogP contribution in [0.1, 0.15) is 23.1 Å². The lowest BCUT2D eigenvalue weighted by Crippen LogP contribution is -2.19. The molecule has 3 rings (SSSR count). The van der Waals surface area contributed by atoms with Crippen molar-refractivity contribution in [3.05, 3.63) is 61.5 Å². The number of nitrogens with zero attached hydrogens (tertiary/aromatic N) is 3. The highest BCUT2D eigenvalue weighted by molar-refractivity contribution is 7.15. The van der Waals surface area contributed by atoms with E-state index in [1.165, 1.54) is 6.21 Å². The molecule has 0 radical (unpaired) electrons. The average Bonchev–Trinajstić information content (AvgIpc) is 3.13. The highest BCUT2D eigenvalue weighted by Crippen LogP contribution is 2.37. The molecule has 3 aromatic rings. The van der Waals surface area contributed by atoms with E-state index >= 15 is 0 Å². The number of ether oxygens (including phenoxy) is 2. The molecule has 8 nitrogen and oxygen atoms in total. The third-order valence-corrected chi connectivity index (χ3v) is 5.54. The molecule has 0 spiro atoms. The average molecular weight is 515 g/mol. The molecule has 1 aromatic heterocycles. The first kappa shape index (κ1) is 24.1. The molecule has 0 saturated heterocycles. The van der Waals surface area contributed by atoms with Crippen molar-refractivity contribution in [2.45, 2.75) is 20.0 Å². The van der Waals surface area contributed by atoms with Gasteiger partial charge >= 0.3 is 0 Å². The lowest BCUT2D eigenvalue weighted by atomic mass is 10.2. The predicted octanol–water partition coefficient (Wildman–Crippen LogP) is 4.75. The molecule has 0 unspecified atom stereocenters.